The van der Waals surface area contributed by atoms with Gasteiger partial charge in [0.15, 0.2) is 0 Å². The van der Waals surface area contributed by atoms with Crippen LogP contribution in [0.2, 0.25) is 0 Å². The van der Waals surface area contributed by atoms with Crippen LogP contribution in [-0.4, -0.2) is 128 Å². The van der Waals surface area contributed by atoms with Gasteiger partial charge in [-0.3, -0.25) is 0 Å². The predicted molar refractivity (Wildman–Crippen MR) is 142 cm³/mol. The Labute approximate surface area is 272 Å². The maximum Gasteiger partial charge on any atom is 0.434 e. The minimum Gasteiger partial charge on any atom is -0.444 e. The van der Waals surface area contributed by atoms with Crippen molar-refractivity contribution in [3.05, 3.63) is 0 Å². The van der Waals surface area contributed by atoms with Gasteiger partial charge in [0.25, 0.3) is 12.2 Å². The lowest BCUT2D eigenvalue weighted by molar-refractivity contribution is -0.309. The highest BCUT2D eigenvalue weighted by Crippen LogP contribution is 2.42. The first kappa shape index (κ1) is 40.4. The Kier molecular flexibility index (Phi) is 11.5. The van der Waals surface area contributed by atoms with Crippen LogP contribution in [0.15, 0.2) is 0 Å². The second kappa shape index (κ2) is 13.9. The van der Waals surface area contributed by atoms with Gasteiger partial charge in [0, 0.05) is 57.8 Å². The van der Waals surface area contributed by atoms with Crippen molar-refractivity contribution in [3.63, 3.8) is 0 Å². The predicted octanol–water partition coefficient (Wildman–Crippen LogP) is 6.25. The lowest BCUT2D eigenvalue weighted by Crippen LogP contribution is -2.63. The number of hydrogen-bond acceptors (Lipinski definition) is 7. The van der Waals surface area contributed by atoms with Gasteiger partial charge in [-0.05, 0) is 51.9 Å². The minimum absolute atomic E-state index is 0.0181. The van der Waals surface area contributed by atoms with Crippen LogP contribution in [0.4, 0.5) is 67.1 Å². The number of carbonyl (C=O) groups excluding carboxylic acids is 3. The summed E-state index contributed by atoms with van der Waals surface area (Å²) < 4.78 is 161. The van der Waals surface area contributed by atoms with Crippen molar-refractivity contribution in [2.45, 2.75) is 89.0 Å². The molecule has 10 nitrogen and oxygen atoms in total. The van der Waals surface area contributed by atoms with Gasteiger partial charge < -0.3 is 34.2 Å². The molecule has 0 aliphatic carbocycles. The summed E-state index contributed by atoms with van der Waals surface area (Å²) in [6.07, 6.45) is -33.0. The Morgan fingerprint density at radius 3 is 1.14 bits per heavy atom. The summed E-state index contributed by atoms with van der Waals surface area (Å²) in [5.74, 6) is 0. The standard InChI is InChI=1S/C16H22F6N2O4.C11H14F6N2O2/c1-13(2,3)28-12(26)24-8-14(9-24)4-6-23(7-5-14)11(25)27-10(15(17,18)19)16(20,21)22;12-10(13,14)7(11(15,16)17)21-8(20)19-3-1-9(2-4-19)5-18-6-9/h10H,4-9H2,1-3H3;7,18H,1-6H2. The Hall–Kier alpha value is -3.07. The maximum absolute atomic E-state index is 12.5. The van der Waals surface area contributed by atoms with E-state index in [1.165, 1.54) is 4.90 Å². The molecule has 1 N–H and O–H groups in total. The Bertz CT molecular complexity index is 1140. The molecule has 4 fully saturated rings. The van der Waals surface area contributed by atoms with E-state index in [9.17, 15) is 67.1 Å². The highest BCUT2D eigenvalue weighted by atomic mass is 19.4. The van der Waals surface area contributed by atoms with Crippen LogP contribution in [-0.2, 0) is 14.2 Å². The summed E-state index contributed by atoms with van der Waals surface area (Å²) in [5, 5.41) is 3.06. The fraction of sp³-hybridized carbons (Fsp3) is 0.889. The van der Waals surface area contributed by atoms with Crippen LogP contribution in [0, 0.1) is 10.8 Å². The van der Waals surface area contributed by atoms with Crippen molar-refractivity contribution >= 4 is 18.3 Å². The minimum atomic E-state index is -5.74. The maximum atomic E-state index is 12.5. The quantitative estimate of drug-likeness (QED) is 0.264. The molecule has 49 heavy (non-hydrogen) atoms. The number of rotatable bonds is 2. The van der Waals surface area contributed by atoms with Crippen LogP contribution in [0.3, 0.4) is 0 Å². The molecular weight excluding hydrogens is 704 g/mol. The molecule has 0 saturated carbocycles. The molecule has 4 aliphatic rings. The molecule has 284 valence electrons. The molecule has 0 unspecified atom stereocenters. The molecule has 4 rings (SSSR count). The fourth-order valence-corrected chi connectivity index (χ4v) is 5.68. The summed E-state index contributed by atoms with van der Waals surface area (Å²) in [6, 6.07) is 0. The van der Waals surface area contributed by atoms with Gasteiger partial charge in [-0.25, -0.2) is 14.4 Å². The topological polar surface area (TPSA) is 101 Å². The average molecular weight is 741 g/mol. The first-order valence-electron chi connectivity index (χ1n) is 14.9. The number of hydrogen-bond donors (Lipinski definition) is 1. The lowest BCUT2D eigenvalue weighted by atomic mass is 9.72. The largest absolute Gasteiger partial charge is 0.444 e. The third kappa shape index (κ3) is 10.7. The molecule has 0 aromatic carbocycles. The molecule has 0 aromatic rings. The summed E-state index contributed by atoms with van der Waals surface area (Å²) in [5.41, 5.74) is -0.953. The van der Waals surface area contributed by atoms with E-state index in [2.05, 4.69) is 14.8 Å². The van der Waals surface area contributed by atoms with Crippen LogP contribution >= 0.6 is 0 Å². The molecule has 0 atom stereocenters. The summed E-state index contributed by atoms with van der Waals surface area (Å²) in [4.78, 5) is 38.4. The molecule has 0 radical (unpaired) electrons. The Morgan fingerprint density at radius 1 is 0.551 bits per heavy atom. The van der Waals surface area contributed by atoms with E-state index >= 15 is 0 Å². The normalized spacial score (nSPS) is 21.1. The molecule has 4 heterocycles. The lowest BCUT2D eigenvalue weighted by Gasteiger charge is -2.53. The van der Waals surface area contributed by atoms with E-state index in [1.807, 2.05) is 0 Å². The van der Waals surface area contributed by atoms with Gasteiger partial charge in [-0.15, -0.1) is 0 Å². The second-order valence-corrected chi connectivity index (χ2v) is 13.6. The summed E-state index contributed by atoms with van der Waals surface area (Å²) >= 11 is 0. The van der Waals surface area contributed by atoms with Crippen molar-refractivity contribution in [1.82, 2.24) is 20.0 Å². The van der Waals surface area contributed by atoms with Gasteiger partial charge in [-0.2, -0.15) is 52.7 Å². The van der Waals surface area contributed by atoms with E-state index in [1.54, 1.807) is 20.8 Å². The van der Waals surface area contributed by atoms with E-state index < -0.39 is 60.8 Å². The number of nitrogens with zero attached hydrogens (tertiary/aromatic N) is 3. The van der Waals surface area contributed by atoms with E-state index in [0.29, 0.717) is 38.8 Å². The first-order valence-corrected chi connectivity index (χ1v) is 14.9. The van der Waals surface area contributed by atoms with Crippen molar-refractivity contribution in [3.8, 4) is 0 Å². The molecule has 4 aliphatic heterocycles. The number of halogens is 12. The first-order chi connectivity index (χ1) is 22.1. The number of ether oxygens (including phenoxy) is 3. The van der Waals surface area contributed by atoms with Crippen molar-refractivity contribution in [2.75, 3.05) is 52.4 Å². The third-order valence-electron chi connectivity index (χ3n) is 8.50. The number of nitrogens with one attached hydrogen (secondary N) is 1. The van der Waals surface area contributed by atoms with Gasteiger partial charge in [0.2, 0.25) is 0 Å². The highest BCUT2D eigenvalue weighted by Gasteiger charge is 2.61. The SMILES string of the molecule is CC(C)(C)OC(=O)N1CC2(CCN(C(=O)OC(C(F)(F)F)C(F)(F)F)CC2)C1.O=C(OC(C(F)(F)F)C(F)(F)F)N1CCC2(CC1)CNC2. The van der Waals surface area contributed by atoms with Crippen molar-refractivity contribution in [1.29, 1.82) is 0 Å². The van der Waals surface area contributed by atoms with E-state index in [4.69, 9.17) is 4.74 Å². The Balaban J connectivity index is 0.000000276. The van der Waals surface area contributed by atoms with E-state index in [-0.39, 0.29) is 37.0 Å². The zero-order chi connectivity index (χ0) is 37.4. The second-order valence-electron chi connectivity index (χ2n) is 13.6. The number of alkyl halides is 12. The van der Waals surface area contributed by atoms with Gasteiger partial charge >= 0.3 is 43.0 Å². The number of likely N-dealkylation sites (tertiary alicyclic amines) is 3. The van der Waals surface area contributed by atoms with Crippen LogP contribution in [0.5, 0.6) is 0 Å². The fourth-order valence-electron chi connectivity index (χ4n) is 5.68. The van der Waals surface area contributed by atoms with Gasteiger partial charge in [-0.1, -0.05) is 0 Å². The molecule has 4 saturated heterocycles. The molecule has 3 amide bonds. The zero-order valence-corrected chi connectivity index (χ0v) is 26.5. The Morgan fingerprint density at radius 2 is 0.878 bits per heavy atom. The summed E-state index contributed by atoms with van der Waals surface area (Å²) in [7, 11) is 0. The van der Waals surface area contributed by atoms with Crippen molar-refractivity contribution < 1.29 is 81.3 Å². The van der Waals surface area contributed by atoms with Crippen LogP contribution < -0.4 is 5.32 Å². The summed E-state index contributed by atoms with van der Waals surface area (Å²) in [6.45, 7) is 7.49. The van der Waals surface area contributed by atoms with Crippen LogP contribution in [0.25, 0.3) is 0 Å². The molecule has 2 spiro atoms. The number of piperidine rings is 2. The zero-order valence-electron chi connectivity index (χ0n) is 26.5. The molecule has 22 heteroatoms. The van der Waals surface area contributed by atoms with E-state index in [0.717, 1.165) is 22.9 Å². The van der Waals surface area contributed by atoms with Gasteiger partial charge in [0.1, 0.15) is 5.60 Å². The monoisotopic (exact) mass is 740 g/mol. The highest BCUT2D eigenvalue weighted by molar-refractivity contribution is 5.70. The average Bonchev–Trinajstić information content (AvgIpc) is 2.89. The number of amides is 3. The smallest absolute Gasteiger partial charge is 0.434 e. The molecule has 0 aromatic heterocycles. The molecule has 0 bridgehead atoms. The molecular formula is C27H36F12N4O6. The van der Waals surface area contributed by atoms with Crippen molar-refractivity contribution in [2.24, 2.45) is 10.8 Å². The van der Waals surface area contributed by atoms with Gasteiger partial charge in [0.05, 0.1) is 0 Å². The number of carbonyl (C=O) groups is 3. The van der Waals surface area contributed by atoms with Crippen LogP contribution in [0.1, 0.15) is 46.5 Å². The third-order valence-corrected chi connectivity index (χ3v) is 8.50.